The van der Waals surface area contributed by atoms with E-state index in [4.69, 9.17) is 0 Å². The highest BCUT2D eigenvalue weighted by Gasteiger charge is 2.41. The summed E-state index contributed by atoms with van der Waals surface area (Å²) in [7, 11) is 0. The van der Waals surface area contributed by atoms with Crippen LogP contribution in [-0.4, -0.2) is 49.6 Å². The smallest absolute Gasteiger partial charge is 0.435 e. The minimum absolute atomic E-state index is 0.0334. The summed E-state index contributed by atoms with van der Waals surface area (Å²) in [5, 5.41) is 12.6. The largest absolute Gasteiger partial charge is 0.465 e. The maximum atomic E-state index is 14.4. The number of nitrogens with one attached hydrogen (secondary N) is 1. The molecular weight excluding hydrogens is 482 g/mol. The van der Waals surface area contributed by atoms with Gasteiger partial charge in [-0.3, -0.25) is 9.69 Å². The summed E-state index contributed by atoms with van der Waals surface area (Å²) in [6, 6.07) is -1.44. The number of imidazole rings is 1. The molecule has 0 spiro atoms. The molecule has 2 heterocycles. The number of carbonyl (C=O) groups is 2. The second kappa shape index (κ2) is 9.51. The first-order valence-electron chi connectivity index (χ1n) is 10.6. The van der Waals surface area contributed by atoms with Gasteiger partial charge in [-0.25, -0.2) is 22.9 Å². The highest BCUT2D eigenvalue weighted by Crippen LogP contribution is 2.34. The first-order chi connectivity index (χ1) is 16.1. The van der Waals surface area contributed by atoms with E-state index in [9.17, 15) is 41.0 Å². The van der Waals surface area contributed by atoms with E-state index in [1.54, 1.807) is 0 Å². The van der Waals surface area contributed by atoms with Crippen LogP contribution in [0.3, 0.4) is 0 Å². The molecule has 2 N–H and O–H groups in total. The number of hydrogen-bond acceptors (Lipinski definition) is 4. The van der Waals surface area contributed by atoms with Gasteiger partial charge in [0.2, 0.25) is 0 Å². The standard InChI is InChI=1S/C22H24F6N4O3/c1-21(2,3)32(20(34)35)12(4-11-5-14(24)15(25)7-13(11)23)6-18(33)16-8-29-9-17-19(22(26,27)28)30-10-31(16)17/h5,7,10,12,16,29H,4,6,8-9H2,1-3H3,(H,34,35). The zero-order valence-corrected chi connectivity index (χ0v) is 19.1. The highest BCUT2D eigenvalue weighted by atomic mass is 19.4. The van der Waals surface area contributed by atoms with Crippen LogP contribution in [0.25, 0.3) is 0 Å². The van der Waals surface area contributed by atoms with E-state index in [2.05, 4.69) is 10.3 Å². The number of benzene rings is 1. The number of Topliss-reactive ketones (excluding diaryl/α,β-unsaturated/α-hetero) is 1. The molecule has 35 heavy (non-hydrogen) atoms. The molecule has 0 bridgehead atoms. The molecule has 0 radical (unpaired) electrons. The maximum absolute atomic E-state index is 14.4. The predicted molar refractivity (Wildman–Crippen MR) is 111 cm³/mol. The van der Waals surface area contributed by atoms with Crippen LogP contribution in [-0.2, 0) is 23.9 Å². The van der Waals surface area contributed by atoms with E-state index < -0.39 is 71.7 Å². The molecule has 2 aromatic rings. The topological polar surface area (TPSA) is 87.5 Å². The molecule has 0 saturated carbocycles. The van der Waals surface area contributed by atoms with Crippen LogP contribution in [0.1, 0.15) is 50.2 Å². The molecule has 0 aliphatic carbocycles. The summed E-state index contributed by atoms with van der Waals surface area (Å²) in [4.78, 5) is 29.6. The van der Waals surface area contributed by atoms with E-state index in [0.717, 1.165) is 15.8 Å². The van der Waals surface area contributed by atoms with Crippen molar-refractivity contribution in [2.75, 3.05) is 6.54 Å². The van der Waals surface area contributed by atoms with Gasteiger partial charge in [-0.2, -0.15) is 13.2 Å². The van der Waals surface area contributed by atoms with Gasteiger partial charge in [0.15, 0.2) is 23.1 Å². The van der Waals surface area contributed by atoms with Crippen molar-refractivity contribution >= 4 is 11.9 Å². The molecule has 1 aromatic carbocycles. The minimum Gasteiger partial charge on any atom is -0.465 e. The zero-order chi connectivity index (χ0) is 26.3. The fourth-order valence-electron chi connectivity index (χ4n) is 4.35. The Morgan fingerprint density at radius 2 is 1.80 bits per heavy atom. The van der Waals surface area contributed by atoms with Crippen LogP contribution in [0, 0.1) is 17.5 Å². The van der Waals surface area contributed by atoms with Crippen LogP contribution in [0.4, 0.5) is 31.1 Å². The third-order valence-corrected chi connectivity index (χ3v) is 5.78. The van der Waals surface area contributed by atoms with E-state index in [0.29, 0.717) is 12.1 Å². The molecule has 13 heteroatoms. The third-order valence-electron chi connectivity index (χ3n) is 5.78. The van der Waals surface area contributed by atoms with Crippen LogP contribution >= 0.6 is 0 Å². The molecular formula is C22H24F6N4O3. The Labute approximate surface area is 196 Å². The minimum atomic E-state index is -4.73. The Morgan fingerprint density at radius 1 is 1.17 bits per heavy atom. The van der Waals surface area contributed by atoms with Crippen molar-refractivity contribution in [1.29, 1.82) is 0 Å². The predicted octanol–water partition coefficient (Wildman–Crippen LogP) is 4.31. The van der Waals surface area contributed by atoms with Crippen LogP contribution in [0.5, 0.6) is 0 Å². The van der Waals surface area contributed by atoms with E-state index >= 15 is 0 Å². The van der Waals surface area contributed by atoms with Crippen molar-refractivity contribution in [3.63, 3.8) is 0 Å². The second-order valence-corrected chi connectivity index (χ2v) is 9.30. The van der Waals surface area contributed by atoms with E-state index in [1.165, 1.54) is 20.8 Å². The second-order valence-electron chi connectivity index (χ2n) is 9.30. The van der Waals surface area contributed by atoms with Gasteiger partial charge in [-0.05, 0) is 38.8 Å². The van der Waals surface area contributed by atoms with Crippen LogP contribution in [0.2, 0.25) is 0 Å². The number of rotatable bonds is 6. The molecule has 0 saturated heterocycles. The molecule has 1 amide bonds. The Morgan fingerprint density at radius 3 is 2.37 bits per heavy atom. The summed E-state index contributed by atoms with van der Waals surface area (Å²) >= 11 is 0. The molecule has 7 nitrogen and oxygen atoms in total. The lowest BCUT2D eigenvalue weighted by atomic mass is 9.92. The summed E-state index contributed by atoms with van der Waals surface area (Å²) < 4.78 is 82.4. The quantitative estimate of drug-likeness (QED) is 0.451. The molecule has 2 unspecified atom stereocenters. The number of halogens is 6. The van der Waals surface area contributed by atoms with Crippen molar-refractivity contribution in [2.24, 2.45) is 0 Å². The van der Waals surface area contributed by atoms with E-state index in [1.807, 2.05) is 0 Å². The number of fused-ring (bicyclic) bond motifs is 1. The molecule has 1 aromatic heterocycles. The van der Waals surface area contributed by atoms with Gasteiger partial charge >= 0.3 is 12.3 Å². The van der Waals surface area contributed by atoms with Gasteiger partial charge in [0, 0.05) is 37.2 Å². The molecule has 2 atom stereocenters. The molecule has 3 rings (SSSR count). The van der Waals surface area contributed by atoms with Crippen molar-refractivity contribution < 1.29 is 41.0 Å². The Hall–Kier alpha value is -3.09. The van der Waals surface area contributed by atoms with Crippen molar-refractivity contribution in [1.82, 2.24) is 19.8 Å². The number of nitrogens with zero attached hydrogens (tertiary/aromatic N) is 3. The van der Waals surface area contributed by atoms with Crippen LogP contribution < -0.4 is 5.32 Å². The van der Waals surface area contributed by atoms with E-state index in [-0.39, 0.29) is 24.3 Å². The number of carboxylic acid groups (broad SMARTS) is 1. The van der Waals surface area contributed by atoms with Crippen molar-refractivity contribution in [3.05, 3.63) is 52.9 Å². The number of hydrogen-bond donors (Lipinski definition) is 2. The average Bonchev–Trinajstić information content (AvgIpc) is 3.15. The Balaban J connectivity index is 1.97. The first-order valence-corrected chi connectivity index (χ1v) is 10.6. The maximum Gasteiger partial charge on any atom is 0.435 e. The monoisotopic (exact) mass is 506 g/mol. The summed E-state index contributed by atoms with van der Waals surface area (Å²) in [6.07, 6.45) is -6.25. The Kier molecular flexibility index (Phi) is 7.21. The van der Waals surface area contributed by atoms with Gasteiger partial charge in [0.25, 0.3) is 0 Å². The SMILES string of the molecule is CC(C)(C)N(C(=O)O)C(CC(=O)C1CNCc2c(C(F)(F)F)ncn21)Cc1cc(F)c(F)cc1F. The molecule has 1 aliphatic rings. The first kappa shape index (κ1) is 26.5. The molecule has 0 fully saturated rings. The van der Waals surface area contributed by atoms with Crippen molar-refractivity contribution in [2.45, 2.75) is 64.0 Å². The summed E-state index contributed by atoms with van der Waals surface area (Å²) in [5.41, 5.74) is -2.80. The summed E-state index contributed by atoms with van der Waals surface area (Å²) in [5.74, 6) is -4.52. The van der Waals surface area contributed by atoms with Crippen LogP contribution in [0.15, 0.2) is 18.5 Å². The van der Waals surface area contributed by atoms with Gasteiger partial charge in [-0.15, -0.1) is 0 Å². The fraction of sp³-hybridized carbons (Fsp3) is 0.500. The molecule has 192 valence electrons. The number of aromatic nitrogens is 2. The molecule has 1 aliphatic heterocycles. The lowest BCUT2D eigenvalue weighted by Crippen LogP contribution is -2.53. The number of alkyl halides is 3. The zero-order valence-electron chi connectivity index (χ0n) is 19.1. The number of amides is 1. The van der Waals surface area contributed by atoms with Gasteiger partial charge in [-0.1, -0.05) is 0 Å². The van der Waals surface area contributed by atoms with Gasteiger partial charge in [0.1, 0.15) is 11.9 Å². The van der Waals surface area contributed by atoms with Gasteiger partial charge < -0.3 is 15.0 Å². The summed E-state index contributed by atoms with van der Waals surface area (Å²) in [6.45, 7) is 4.39. The third kappa shape index (κ3) is 5.60. The Bertz CT molecular complexity index is 1130. The number of ketones is 1. The normalized spacial score (nSPS) is 17.1. The lowest BCUT2D eigenvalue weighted by Gasteiger charge is -2.40. The lowest BCUT2D eigenvalue weighted by molar-refractivity contribution is -0.142. The average molecular weight is 506 g/mol. The highest BCUT2D eigenvalue weighted by molar-refractivity contribution is 5.84. The number of carbonyl (C=O) groups excluding carboxylic acids is 1. The fourth-order valence-corrected chi connectivity index (χ4v) is 4.35. The van der Waals surface area contributed by atoms with Gasteiger partial charge in [0.05, 0.1) is 12.0 Å². The van der Waals surface area contributed by atoms with Crippen molar-refractivity contribution in [3.8, 4) is 0 Å².